The monoisotopic (exact) mass is 217 g/mol. The van der Waals surface area contributed by atoms with Gasteiger partial charge in [-0.2, -0.15) is 0 Å². The van der Waals surface area contributed by atoms with Gasteiger partial charge in [0.05, 0.1) is 5.54 Å². The number of hydrogen-bond acceptors (Lipinski definition) is 4. The van der Waals surface area contributed by atoms with Crippen molar-refractivity contribution < 1.29 is 19.7 Å². The maximum Gasteiger partial charge on any atom is 0.329 e. The summed E-state index contributed by atoms with van der Waals surface area (Å²) in [7, 11) is 0. The average Bonchev–Trinajstić information content (AvgIpc) is 2.12. The molecule has 0 amide bonds. The molecular formula is C10H19NO4. The van der Waals surface area contributed by atoms with Gasteiger partial charge in [0.25, 0.3) is 0 Å². The van der Waals surface area contributed by atoms with Gasteiger partial charge in [-0.15, -0.1) is 0 Å². The minimum Gasteiger partial charge on any atom is -0.480 e. The molecule has 0 aromatic heterocycles. The summed E-state index contributed by atoms with van der Waals surface area (Å²) in [6.45, 7) is 6.98. The van der Waals surface area contributed by atoms with Gasteiger partial charge in [0.2, 0.25) is 0 Å². The van der Waals surface area contributed by atoms with E-state index in [4.69, 9.17) is 9.84 Å². The van der Waals surface area contributed by atoms with Crippen LogP contribution < -0.4 is 5.32 Å². The molecule has 1 unspecified atom stereocenters. The van der Waals surface area contributed by atoms with Crippen LogP contribution in [0.15, 0.2) is 0 Å². The first-order valence-electron chi connectivity index (χ1n) is 4.95. The Morgan fingerprint density at radius 2 is 1.93 bits per heavy atom. The van der Waals surface area contributed by atoms with Gasteiger partial charge < -0.3 is 20.3 Å². The molecule has 0 bridgehead atoms. The van der Waals surface area contributed by atoms with E-state index in [1.54, 1.807) is 13.8 Å². The van der Waals surface area contributed by atoms with Crippen molar-refractivity contribution in [3.63, 3.8) is 0 Å². The van der Waals surface area contributed by atoms with Gasteiger partial charge in [-0.05, 0) is 27.7 Å². The van der Waals surface area contributed by atoms with Crippen LogP contribution in [0.4, 0.5) is 0 Å². The molecule has 1 saturated heterocycles. The van der Waals surface area contributed by atoms with Gasteiger partial charge >= 0.3 is 5.97 Å². The Balaban J connectivity index is 2.78. The zero-order chi connectivity index (χ0) is 11.9. The maximum atomic E-state index is 10.4. The van der Waals surface area contributed by atoms with E-state index in [1.165, 1.54) is 0 Å². The first-order chi connectivity index (χ1) is 6.58. The van der Waals surface area contributed by atoms with Crippen LogP contribution in [0.5, 0.6) is 0 Å². The Morgan fingerprint density at radius 1 is 1.40 bits per heavy atom. The third-order valence-electron chi connectivity index (χ3n) is 2.74. The van der Waals surface area contributed by atoms with E-state index in [2.05, 4.69) is 5.32 Å². The standard InChI is InChI=1S/C10H19NO4/c1-8(2)6-10(14,9(3,4)11-8)15-5-7(12)13/h11,14H,5-6H2,1-4H3,(H,12,13). The molecule has 88 valence electrons. The summed E-state index contributed by atoms with van der Waals surface area (Å²) >= 11 is 0. The van der Waals surface area contributed by atoms with E-state index in [1.807, 2.05) is 13.8 Å². The molecular weight excluding hydrogens is 198 g/mol. The molecule has 1 heterocycles. The lowest BCUT2D eigenvalue weighted by Gasteiger charge is -2.35. The minimum atomic E-state index is -1.44. The fourth-order valence-electron chi connectivity index (χ4n) is 2.22. The Labute approximate surface area is 89.4 Å². The third-order valence-corrected chi connectivity index (χ3v) is 2.74. The lowest BCUT2D eigenvalue weighted by atomic mass is 9.93. The van der Waals surface area contributed by atoms with Gasteiger partial charge in [-0.3, -0.25) is 0 Å². The lowest BCUT2D eigenvalue weighted by molar-refractivity contribution is -0.231. The van der Waals surface area contributed by atoms with E-state index in [0.29, 0.717) is 6.42 Å². The number of carbonyl (C=O) groups is 1. The van der Waals surface area contributed by atoms with Gasteiger partial charge in [-0.1, -0.05) is 0 Å². The topological polar surface area (TPSA) is 78.8 Å². The van der Waals surface area contributed by atoms with Crippen LogP contribution in [0, 0.1) is 0 Å². The second-order valence-corrected chi connectivity index (χ2v) is 5.28. The zero-order valence-corrected chi connectivity index (χ0v) is 9.63. The molecule has 0 aromatic carbocycles. The second kappa shape index (κ2) is 3.43. The smallest absolute Gasteiger partial charge is 0.329 e. The highest BCUT2D eigenvalue weighted by Gasteiger charge is 2.56. The molecule has 0 saturated carbocycles. The van der Waals surface area contributed by atoms with E-state index in [9.17, 15) is 9.90 Å². The maximum absolute atomic E-state index is 10.4. The van der Waals surface area contributed by atoms with Crippen molar-refractivity contribution in [1.29, 1.82) is 0 Å². The Hall–Kier alpha value is -0.650. The predicted octanol–water partition coefficient (Wildman–Crippen LogP) is 0.327. The highest BCUT2D eigenvalue weighted by molar-refractivity contribution is 5.68. The molecule has 0 aliphatic carbocycles. The summed E-state index contributed by atoms with van der Waals surface area (Å²) in [6, 6.07) is 0. The number of hydrogen-bond donors (Lipinski definition) is 3. The first kappa shape index (κ1) is 12.4. The average molecular weight is 217 g/mol. The van der Waals surface area contributed by atoms with Crippen LogP contribution in [-0.2, 0) is 9.53 Å². The molecule has 0 spiro atoms. The van der Waals surface area contributed by atoms with Crippen molar-refractivity contribution in [2.24, 2.45) is 0 Å². The summed E-state index contributed by atoms with van der Waals surface area (Å²) in [5.74, 6) is -2.52. The third kappa shape index (κ3) is 2.48. The number of nitrogens with one attached hydrogen (secondary N) is 1. The number of carboxylic acid groups (broad SMARTS) is 1. The molecule has 1 aliphatic rings. The summed E-state index contributed by atoms with van der Waals surface area (Å²) in [6.07, 6.45) is 0.361. The van der Waals surface area contributed by atoms with Gasteiger partial charge in [0.15, 0.2) is 5.79 Å². The lowest BCUT2D eigenvalue weighted by Crippen LogP contribution is -2.55. The molecule has 3 N–H and O–H groups in total. The molecule has 1 atom stereocenters. The van der Waals surface area contributed by atoms with E-state index in [-0.39, 0.29) is 5.54 Å². The van der Waals surface area contributed by atoms with Crippen LogP contribution >= 0.6 is 0 Å². The first-order valence-corrected chi connectivity index (χ1v) is 4.95. The predicted molar refractivity (Wildman–Crippen MR) is 54.4 cm³/mol. The molecule has 1 aliphatic heterocycles. The van der Waals surface area contributed by atoms with E-state index in [0.717, 1.165) is 0 Å². The SMILES string of the molecule is CC1(C)CC(O)(OCC(=O)O)C(C)(C)N1. The number of rotatable bonds is 3. The normalized spacial score (nSPS) is 32.9. The Morgan fingerprint density at radius 3 is 2.27 bits per heavy atom. The van der Waals surface area contributed by atoms with Crippen molar-refractivity contribution >= 4 is 5.97 Å². The molecule has 1 fully saturated rings. The van der Waals surface area contributed by atoms with Crippen molar-refractivity contribution in [2.45, 2.75) is 51.0 Å². The number of aliphatic hydroxyl groups is 1. The molecule has 5 nitrogen and oxygen atoms in total. The molecule has 0 radical (unpaired) electrons. The van der Waals surface area contributed by atoms with Gasteiger partial charge in [0, 0.05) is 12.0 Å². The number of aliphatic carboxylic acids is 1. The fourth-order valence-corrected chi connectivity index (χ4v) is 2.22. The van der Waals surface area contributed by atoms with Crippen LogP contribution in [0.1, 0.15) is 34.1 Å². The zero-order valence-electron chi connectivity index (χ0n) is 9.63. The Bertz CT molecular complexity index is 275. The van der Waals surface area contributed by atoms with Crippen LogP contribution in [0.3, 0.4) is 0 Å². The molecule has 15 heavy (non-hydrogen) atoms. The summed E-state index contributed by atoms with van der Waals surface area (Å²) < 4.78 is 5.10. The molecule has 0 aromatic rings. The summed E-state index contributed by atoms with van der Waals surface area (Å²) in [5, 5.41) is 22.0. The highest BCUT2D eigenvalue weighted by Crippen LogP contribution is 2.39. The summed E-state index contributed by atoms with van der Waals surface area (Å²) in [4.78, 5) is 10.4. The van der Waals surface area contributed by atoms with E-state index >= 15 is 0 Å². The minimum absolute atomic E-state index is 0.267. The van der Waals surface area contributed by atoms with E-state index < -0.39 is 23.9 Å². The largest absolute Gasteiger partial charge is 0.480 e. The quantitative estimate of drug-likeness (QED) is 0.594. The Kier molecular flexibility index (Phi) is 2.84. The highest BCUT2D eigenvalue weighted by atomic mass is 16.6. The van der Waals surface area contributed by atoms with Crippen molar-refractivity contribution in [3.05, 3.63) is 0 Å². The second-order valence-electron chi connectivity index (χ2n) is 5.28. The molecule has 1 rings (SSSR count). The number of ether oxygens (including phenoxy) is 1. The van der Waals surface area contributed by atoms with Crippen molar-refractivity contribution in [2.75, 3.05) is 6.61 Å². The van der Waals surface area contributed by atoms with Crippen molar-refractivity contribution in [1.82, 2.24) is 5.32 Å². The van der Waals surface area contributed by atoms with Crippen LogP contribution in [0.2, 0.25) is 0 Å². The van der Waals surface area contributed by atoms with Gasteiger partial charge in [0.1, 0.15) is 6.61 Å². The molecule has 5 heteroatoms. The van der Waals surface area contributed by atoms with Gasteiger partial charge in [-0.25, -0.2) is 4.79 Å². The number of carboxylic acids is 1. The van der Waals surface area contributed by atoms with Crippen LogP contribution in [-0.4, -0.2) is 39.7 Å². The van der Waals surface area contributed by atoms with Crippen LogP contribution in [0.25, 0.3) is 0 Å². The van der Waals surface area contributed by atoms with Crippen molar-refractivity contribution in [3.8, 4) is 0 Å². The summed E-state index contributed by atoms with van der Waals surface area (Å²) in [5.41, 5.74) is -0.928. The fraction of sp³-hybridized carbons (Fsp3) is 0.900.